The Hall–Kier alpha value is 0.229. The van der Waals surface area contributed by atoms with E-state index >= 15 is 0 Å². The first-order chi connectivity index (χ1) is 2.00. The van der Waals surface area contributed by atoms with Crippen molar-refractivity contribution in [3.8, 4) is 0 Å². The number of rotatable bonds is 0. The summed E-state index contributed by atoms with van der Waals surface area (Å²) in [7, 11) is -4.67. The Morgan fingerprint density at radius 2 is 0.900 bits per heavy atom. The van der Waals surface area contributed by atoms with Gasteiger partial charge in [-0.05, 0) is 0 Å². The van der Waals surface area contributed by atoms with E-state index in [1.54, 1.807) is 0 Å². The van der Waals surface area contributed by atoms with Crippen LogP contribution < -0.4 is 6.15 Å². The summed E-state index contributed by atoms with van der Waals surface area (Å²) >= 11 is 0. The zero-order valence-corrected chi connectivity index (χ0v) is 6.60. The Morgan fingerprint density at radius 3 is 0.900 bits per heavy atom. The van der Waals surface area contributed by atoms with Crippen LogP contribution in [0.3, 0.4) is 0 Å². The van der Waals surface area contributed by atoms with Crippen LogP contribution in [0.5, 0.6) is 0 Å². The number of hydrogen-bond donors (Lipinski definition) is 3. The summed E-state index contributed by atoms with van der Waals surface area (Å²) in [5.41, 5.74) is 0. The van der Waals surface area contributed by atoms with E-state index in [0.717, 1.165) is 0 Å². The molecule has 10 heavy (non-hydrogen) atoms. The molecule has 0 aromatic rings. The van der Waals surface area contributed by atoms with Crippen LogP contribution in [0, 0.1) is 0 Å². The molecule has 10 heteroatoms. The molecule has 0 saturated carbocycles. The molecule has 0 atom stereocenters. The minimum absolute atomic E-state index is 0. The van der Waals surface area contributed by atoms with Gasteiger partial charge in [-0.2, -0.15) is 8.42 Å². The van der Waals surface area contributed by atoms with Gasteiger partial charge in [0, 0.05) is 17.1 Å². The van der Waals surface area contributed by atoms with E-state index in [9.17, 15) is 0 Å². The molecule has 0 aromatic heterocycles. The summed E-state index contributed by atoms with van der Waals surface area (Å²) in [5.74, 6) is 0. The van der Waals surface area contributed by atoms with Gasteiger partial charge in [-0.25, -0.2) is 0 Å². The van der Waals surface area contributed by atoms with E-state index in [1.807, 2.05) is 0 Å². The van der Waals surface area contributed by atoms with E-state index in [0.29, 0.717) is 0 Å². The zero-order chi connectivity index (χ0) is 4.50. The zero-order valence-electron chi connectivity index (χ0n) is 4.68. The minimum atomic E-state index is -4.67. The van der Waals surface area contributed by atoms with Crippen molar-refractivity contribution in [1.29, 1.82) is 0 Å². The topological polar surface area (TPSA) is 204 Å². The average Bonchev–Trinajstić information content (AvgIpc) is 0.722. The molecule has 0 unspecified atom stereocenters. The predicted molar refractivity (Wildman–Crippen MR) is 30.0 cm³/mol. The van der Waals surface area contributed by atoms with Gasteiger partial charge in [0.1, 0.15) is 0 Å². The summed E-state index contributed by atoms with van der Waals surface area (Å²) in [6.45, 7) is 0. The minimum Gasteiger partial charge on any atom is -0.412 e. The van der Waals surface area contributed by atoms with Crippen molar-refractivity contribution < 1.29 is 51.0 Å². The first kappa shape index (κ1) is 48.7. The fourth-order valence-corrected chi connectivity index (χ4v) is 0. The first-order valence-electron chi connectivity index (χ1n) is 0.698. The van der Waals surface area contributed by atoms with Crippen LogP contribution in [-0.4, -0.2) is 34.0 Å². The second kappa shape index (κ2) is 16.1. The van der Waals surface area contributed by atoms with E-state index in [-0.39, 0.29) is 39.6 Å². The smallest absolute Gasteiger partial charge is 0.394 e. The van der Waals surface area contributed by atoms with Crippen LogP contribution in [0.4, 0.5) is 0 Å². The van der Waals surface area contributed by atoms with Crippen molar-refractivity contribution >= 4 is 10.4 Å². The van der Waals surface area contributed by atoms with Crippen molar-refractivity contribution in [3.63, 3.8) is 0 Å². The summed E-state index contributed by atoms with van der Waals surface area (Å²) in [6.07, 6.45) is 0. The molecule has 0 saturated heterocycles. The largest absolute Gasteiger partial charge is 0.412 e. The number of hydrogen-bond acceptors (Lipinski definition) is 3. The van der Waals surface area contributed by atoms with Crippen LogP contribution in [-0.2, 0) is 27.5 Å². The maximum atomic E-state index is 8.74. The molecule has 0 amide bonds. The van der Waals surface area contributed by atoms with Crippen molar-refractivity contribution in [1.82, 2.24) is 6.15 Å². The Bertz CT molecular complexity index is 96.8. The Labute approximate surface area is 68.2 Å². The van der Waals surface area contributed by atoms with Crippen LogP contribution >= 0.6 is 0 Å². The molecule has 0 aliphatic carbocycles. The first-order valence-corrected chi connectivity index (χ1v) is 2.10. The van der Waals surface area contributed by atoms with E-state index in [1.165, 1.54) is 0 Å². The molecular formula is H11FeNO7S. The van der Waals surface area contributed by atoms with Gasteiger partial charge in [0.05, 0.1) is 0 Å². The molecular weight excluding hydrogens is 214 g/mol. The molecule has 0 bridgehead atoms. The van der Waals surface area contributed by atoms with Gasteiger partial charge in [-0.1, -0.05) is 0 Å². The SMILES string of the molecule is N.O.O.O.O=S(=O)(O)O.[Fe]. The Morgan fingerprint density at radius 1 is 0.900 bits per heavy atom. The van der Waals surface area contributed by atoms with Gasteiger partial charge in [0.15, 0.2) is 0 Å². The Balaban J connectivity index is -0.00000000800. The predicted octanol–water partition coefficient (Wildman–Crippen LogP) is -2.97. The second-order valence-electron chi connectivity index (χ2n) is 0.448. The van der Waals surface area contributed by atoms with E-state index in [2.05, 4.69) is 0 Å². The molecule has 8 nitrogen and oxygen atoms in total. The van der Waals surface area contributed by atoms with Crippen LogP contribution in [0.15, 0.2) is 0 Å². The van der Waals surface area contributed by atoms with Crippen molar-refractivity contribution in [2.24, 2.45) is 0 Å². The molecule has 11 N–H and O–H groups in total. The summed E-state index contributed by atoms with van der Waals surface area (Å²) < 4.78 is 31.6. The molecule has 0 rings (SSSR count). The summed E-state index contributed by atoms with van der Waals surface area (Å²) in [6, 6.07) is 0. The molecule has 0 aliphatic heterocycles. The standard InChI is InChI=1S/Fe.H3N.H2O4S.3H2O/c;;1-5(2,3)4;;;/h;1H3;(H2,1,2,3,4);3*1H2. The maximum absolute atomic E-state index is 8.74. The summed E-state index contributed by atoms with van der Waals surface area (Å²) in [4.78, 5) is 0. The maximum Gasteiger partial charge on any atom is 0.394 e. The Kier molecular flexibility index (Phi) is 78.5. The third-order valence-corrected chi connectivity index (χ3v) is 0. The molecule has 0 heterocycles. The van der Waals surface area contributed by atoms with Crippen LogP contribution in [0.2, 0.25) is 0 Å². The quantitative estimate of drug-likeness (QED) is 0.290. The molecule has 0 radical (unpaired) electrons. The summed E-state index contributed by atoms with van der Waals surface area (Å²) in [5, 5.41) is 0. The van der Waals surface area contributed by atoms with Crippen LogP contribution in [0.1, 0.15) is 0 Å². The van der Waals surface area contributed by atoms with Gasteiger partial charge in [0.2, 0.25) is 0 Å². The van der Waals surface area contributed by atoms with Crippen molar-refractivity contribution in [3.05, 3.63) is 0 Å². The molecule has 0 aromatic carbocycles. The molecule has 0 aliphatic rings. The monoisotopic (exact) mass is 225 g/mol. The van der Waals surface area contributed by atoms with Crippen molar-refractivity contribution in [2.75, 3.05) is 0 Å². The fourth-order valence-electron chi connectivity index (χ4n) is 0. The molecule has 72 valence electrons. The van der Waals surface area contributed by atoms with Gasteiger partial charge < -0.3 is 22.6 Å². The molecule has 0 spiro atoms. The fraction of sp³-hybridized carbons (Fsp3) is 0. The van der Waals surface area contributed by atoms with E-state index in [4.69, 9.17) is 17.5 Å². The average molecular weight is 225 g/mol. The third-order valence-electron chi connectivity index (χ3n) is 0. The van der Waals surface area contributed by atoms with E-state index < -0.39 is 10.4 Å². The van der Waals surface area contributed by atoms with Gasteiger partial charge >= 0.3 is 10.4 Å². The van der Waals surface area contributed by atoms with Gasteiger partial charge in [-0.15, -0.1) is 0 Å². The van der Waals surface area contributed by atoms with Crippen molar-refractivity contribution in [2.45, 2.75) is 0 Å². The van der Waals surface area contributed by atoms with Gasteiger partial charge in [-0.3, -0.25) is 9.11 Å². The normalized spacial score (nSPS) is 5.80. The third kappa shape index (κ3) is 8170. The molecule has 0 fully saturated rings. The second-order valence-corrected chi connectivity index (χ2v) is 1.34. The van der Waals surface area contributed by atoms with Gasteiger partial charge in [0.25, 0.3) is 0 Å². The van der Waals surface area contributed by atoms with Crippen LogP contribution in [0.25, 0.3) is 0 Å².